The van der Waals surface area contributed by atoms with Crippen molar-refractivity contribution < 1.29 is 9.53 Å². The fraction of sp³-hybridized carbons (Fsp3) is 0.757. The van der Waals surface area contributed by atoms with E-state index >= 15 is 0 Å². The highest BCUT2D eigenvalue weighted by Crippen LogP contribution is 2.77. The Morgan fingerprint density at radius 2 is 1.62 bits per heavy atom. The molecule has 5 aliphatic carbocycles. The molecule has 40 heavy (non-hydrogen) atoms. The summed E-state index contributed by atoms with van der Waals surface area (Å²) in [5, 5.41) is 0.579. The summed E-state index contributed by atoms with van der Waals surface area (Å²) in [6, 6.07) is 7.18. The summed E-state index contributed by atoms with van der Waals surface area (Å²) in [4.78, 5) is 13.2. The summed E-state index contributed by atoms with van der Waals surface area (Å²) in [6.07, 6.45) is 12.9. The van der Waals surface area contributed by atoms with Gasteiger partial charge in [0.2, 0.25) is 0 Å². The van der Waals surface area contributed by atoms with Gasteiger partial charge in [-0.3, -0.25) is 0 Å². The van der Waals surface area contributed by atoms with Gasteiger partial charge in [0.15, 0.2) is 0 Å². The number of hydrogen-bond acceptors (Lipinski definition) is 2. The minimum atomic E-state index is -0.230. The van der Waals surface area contributed by atoms with Crippen LogP contribution in [-0.2, 0) is 4.74 Å². The Morgan fingerprint density at radius 1 is 0.875 bits per heavy atom. The first kappa shape index (κ1) is 28.8. The third kappa shape index (κ3) is 3.89. The summed E-state index contributed by atoms with van der Waals surface area (Å²) in [7, 11) is 0. The third-order valence-corrected chi connectivity index (χ3v) is 15.0. The van der Waals surface area contributed by atoms with E-state index in [9.17, 15) is 4.79 Å². The zero-order valence-corrected chi connectivity index (χ0v) is 27.0. The van der Waals surface area contributed by atoms with Crippen LogP contribution in [0.1, 0.15) is 123 Å². The molecule has 1 aromatic carbocycles. The van der Waals surface area contributed by atoms with Gasteiger partial charge in [-0.25, -0.2) is 4.79 Å². The predicted octanol–water partition coefficient (Wildman–Crippen LogP) is 10.5. The number of rotatable bonds is 3. The van der Waals surface area contributed by atoms with Gasteiger partial charge in [-0.2, -0.15) is 0 Å². The summed E-state index contributed by atoms with van der Waals surface area (Å²) >= 11 is 6.18. The molecule has 5 saturated carbocycles. The Hall–Kier alpha value is -1.28. The third-order valence-electron chi connectivity index (χ3n) is 14.7. The van der Waals surface area contributed by atoms with Crippen molar-refractivity contribution >= 4 is 17.6 Å². The Labute approximate surface area is 249 Å². The number of halogens is 1. The van der Waals surface area contributed by atoms with Crippen LogP contribution in [0.25, 0.3) is 0 Å². The van der Waals surface area contributed by atoms with Gasteiger partial charge >= 0.3 is 5.97 Å². The van der Waals surface area contributed by atoms with Crippen LogP contribution in [0.4, 0.5) is 0 Å². The van der Waals surface area contributed by atoms with Crippen molar-refractivity contribution in [3.8, 4) is 0 Å². The minimum absolute atomic E-state index is 0.0536. The first-order valence-corrected chi connectivity index (χ1v) is 16.7. The normalized spacial score (nSPS) is 47.3. The SMILES string of the molecule is C=C(C)[C@@H]1CC[C@]2(C)CC[C@]3(C)[C@H](CC[C@@H]4[C@@]5(C)CC[C@H](OC(=O)c6cccc(Cl)c6)C(C)(C)[C@@H]5CC[C@]43C)[C@@H]12. The van der Waals surface area contributed by atoms with Gasteiger partial charge in [-0.05, 0) is 141 Å². The van der Waals surface area contributed by atoms with Gasteiger partial charge in [0.1, 0.15) is 6.10 Å². The zero-order chi connectivity index (χ0) is 28.9. The van der Waals surface area contributed by atoms with E-state index in [0.29, 0.717) is 38.7 Å². The number of carbonyl (C=O) groups is 1. The van der Waals surface area contributed by atoms with E-state index < -0.39 is 0 Å². The highest BCUT2D eigenvalue weighted by Gasteiger charge is 2.70. The van der Waals surface area contributed by atoms with E-state index in [2.05, 4.69) is 55.0 Å². The smallest absolute Gasteiger partial charge is 0.338 e. The molecule has 0 unspecified atom stereocenters. The van der Waals surface area contributed by atoms with Crippen molar-refractivity contribution in [1.29, 1.82) is 0 Å². The number of hydrogen-bond donors (Lipinski definition) is 0. The molecule has 1 aromatic rings. The molecular weight excluding hydrogens is 512 g/mol. The second-order valence-electron chi connectivity index (χ2n) is 16.6. The number of carbonyl (C=O) groups excluding carboxylic acids is 1. The van der Waals surface area contributed by atoms with Crippen molar-refractivity contribution in [3.05, 3.63) is 47.0 Å². The number of fused-ring (bicyclic) bond motifs is 7. The molecule has 0 heterocycles. The van der Waals surface area contributed by atoms with E-state index in [1.807, 2.05) is 12.1 Å². The van der Waals surface area contributed by atoms with Gasteiger partial charge < -0.3 is 4.74 Å². The van der Waals surface area contributed by atoms with Gasteiger partial charge in [0.05, 0.1) is 5.56 Å². The first-order chi connectivity index (χ1) is 18.7. The monoisotopic (exact) mass is 564 g/mol. The Morgan fingerprint density at radius 3 is 2.33 bits per heavy atom. The Kier molecular flexibility index (Phi) is 6.74. The van der Waals surface area contributed by atoms with Crippen LogP contribution in [0.15, 0.2) is 36.4 Å². The molecule has 3 heteroatoms. The van der Waals surface area contributed by atoms with Crippen LogP contribution < -0.4 is 0 Å². The van der Waals surface area contributed by atoms with E-state index in [1.165, 1.54) is 56.9 Å². The quantitative estimate of drug-likeness (QED) is 0.269. The molecule has 0 aromatic heterocycles. The first-order valence-electron chi connectivity index (χ1n) is 16.3. The lowest BCUT2D eigenvalue weighted by molar-refractivity contribution is -0.246. The van der Waals surface area contributed by atoms with Gasteiger partial charge in [-0.1, -0.05) is 71.4 Å². The molecule has 0 saturated heterocycles. The van der Waals surface area contributed by atoms with Crippen LogP contribution in [0.2, 0.25) is 5.02 Å². The average Bonchev–Trinajstić information content (AvgIpc) is 3.24. The van der Waals surface area contributed by atoms with E-state index in [-0.39, 0.29) is 22.9 Å². The molecule has 0 radical (unpaired) electrons. The van der Waals surface area contributed by atoms with Gasteiger partial charge in [0, 0.05) is 10.4 Å². The van der Waals surface area contributed by atoms with Crippen LogP contribution in [-0.4, -0.2) is 12.1 Å². The lowest BCUT2D eigenvalue weighted by atomic mass is 9.32. The van der Waals surface area contributed by atoms with Crippen LogP contribution in [0.5, 0.6) is 0 Å². The van der Waals surface area contributed by atoms with Crippen molar-refractivity contribution in [2.75, 3.05) is 0 Å². The summed E-state index contributed by atoms with van der Waals surface area (Å²) < 4.78 is 6.30. The summed E-state index contributed by atoms with van der Waals surface area (Å²) in [5.41, 5.74) is 3.49. The summed E-state index contributed by atoms with van der Waals surface area (Å²) in [6.45, 7) is 22.3. The van der Waals surface area contributed by atoms with E-state index in [4.69, 9.17) is 16.3 Å². The summed E-state index contributed by atoms with van der Waals surface area (Å²) in [5.74, 6) is 3.41. The van der Waals surface area contributed by atoms with Crippen LogP contribution in [0.3, 0.4) is 0 Å². The molecule has 6 rings (SSSR count). The molecule has 10 atom stereocenters. The van der Waals surface area contributed by atoms with Gasteiger partial charge in [0.25, 0.3) is 0 Å². The molecule has 0 amide bonds. The second kappa shape index (κ2) is 9.36. The maximum absolute atomic E-state index is 13.2. The molecule has 0 bridgehead atoms. The highest BCUT2D eigenvalue weighted by atomic mass is 35.5. The molecule has 2 nitrogen and oxygen atoms in total. The lowest BCUT2D eigenvalue weighted by Gasteiger charge is -2.73. The fourth-order valence-electron chi connectivity index (χ4n) is 12.5. The number of benzene rings is 1. The lowest BCUT2D eigenvalue weighted by Crippen LogP contribution is -2.66. The molecule has 0 spiro atoms. The molecule has 220 valence electrons. The number of allylic oxidation sites excluding steroid dienone is 1. The Balaban J connectivity index is 1.28. The topological polar surface area (TPSA) is 26.3 Å². The molecule has 5 fully saturated rings. The van der Waals surface area contributed by atoms with Crippen LogP contribution >= 0.6 is 11.6 Å². The highest BCUT2D eigenvalue weighted by molar-refractivity contribution is 6.30. The maximum atomic E-state index is 13.2. The predicted molar refractivity (Wildman–Crippen MR) is 165 cm³/mol. The Bertz CT molecular complexity index is 1200. The zero-order valence-electron chi connectivity index (χ0n) is 26.2. The molecule has 0 aliphatic heterocycles. The van der Waals surface area contributed by atoms with Crippen molar-refractivity contribution in [2.24, 2.45) is 56.7 Å². The van der Waals surface area contributed by atoms with Crippen molar-refractivity contribution in [3.63, 3.8) is 0 Å². The standard InChI is InChI=1S/C37H53ClO2/c1-23(2)26-14-17-34(5)20-21-36(7)27(31(26)34)12-13-29-35(6)18-16-30(33(3,4)28(35)15-19-37(29,36)8)40-32(39)24-10-9-11-25(38)22-24/h9-11,22,26-31H,1,12-21H2,2-8H3/t26-,27+,28-,29+,30-,31+,34+,35-,36+,37+/m0/s1. The van der Waals surface area contributed by atoms with Crippen LogP contribution in [0, 0.1) is 56.7 Å². The van der Waals surface area contributed by atoms with Crippen molar-refractivity contribution in [2.45, 2.75) is 119 Å². The number of ether oxygens (including phenoxy) is 1. The average molecular weight is 565 g/mol. The van der Waals surface area contributed by atoms with E-state index in [0.717, 1.165) is 30.6 Å². The largest absolute Gasteiger partial charge is 0.458 e. The number of esters is 1. The fourth-order valence-corrected chi connectivity index (χ4v) is 12.7. The maximum Gasteiger partial charge on any atom is 0.338 e. The van der Waals surface area contributed by atoms with E-state index in [1.54, 1.807) is 12.1 Å². The molecule has 0 N–H and O–H groups in total. The van der Waals surface area contributed by atoms with Gasteiger partial charge in [-0.15, -0.1) is 0 Å². The second-order valence-corrected chi connectivity index (χ2v) is 17.0. The molecular formula is C37H53ClO2. The minimum Gasteiger partial charge on any atom is -0.458 e. The van der Waals surface area contributed by atoms with Crippen molar-refractivity contribution in [1.82, 2.24) is 0 Å². The molecule has 5 aliphatic rings.